The summed E-state index contributed by atoms with van der Waals surface area (Å²) in [5.41, 5.74) is 2.56. The third kappa shape index (κ3) is 3.42. The van der Waals surface area contributed by atoms with Gasteiger partial charge in [-0.1, -0.05) is 6.92 Å². The Balaban J connectivity index is 1.58. The first-order chi connectivity index (χ1) is 12.8. The van der Waals surface area contributed by atoms with Crippen LogP contribution in [-0.4, -0.2) is 11.6 Å². The number of nitrogens with one attached hydrogen (secondary N) is 1. The molecule has 3 heterocycles. The van der Waals surface area contributed by atoms with Crippen molar-refractivity contribution in [3.8, 4) is 17.1 Å². The zero-order valence-electron chi connectivity index (χ0n) is 14.6. The van der Waals surface area contributed by atoms with Crippen LogP contribution in [0.3, 0.4) is 0 Å². The van der Waals surface area contributed by atoms with Crippen LogP contribution in [0.2, 0.25) is 0 Å². The molecule has 5 nitrogen and oxygen atoms in total. The second-order valence-corrected chi connectivity index (χ2v) is 5.99. The maximum atomic E-state index is 5.94. The Labute approximate surface area is 151 Å². The third-order valence-electron chi connectivity index (χ3n) is 4.08. The molecule has 26 heavy (non-hydrogen) atoms. The molecule has 0 amide bonds. The van der Waals surface area contributed by atoms with Crippen molar-refractivity contribution >= 4 is 16.8 Å². The van der Waals surface area contributed by atoms with Crippen LogP contribution < -0.4 is 10.1 Å². The second kappa shape index (κ2) is 7.35. The number of aromatic nitrogens is 1. The fourth-order valence-corrected chi connectivity index (χ4v) is 2.77. The van der Waals surface area contributed by atoms with Gasteiger partial charge in [0.2, 0.25) is 5.71 Å². The van der Waals surface area contributed by atoms with Crippen molar-refractivity contribution in [2.75, 3.05) is 11.9 Å². The number of nitrogens with zero attached hydrogens (tertiary/aromatic N) is 1. The first-order valence-electron chi connectivity index (χ1n) is 8.71. The highest BCUT2D eigenvalue weighted by Gasteiger charge is 2.11. The summed E-state index contributed by atoms with van der Waals surface area (Å²) in [6.45, 7) is 3.42. The molecule has 3 aromatic heterocycles. The van der Waals surface area contributed by atoms with E-state index in [-0.39, 0.29) is 0 Å². The Morgan fingerprint density at radius 1 is 1.12 bits per heavy atom. The van der Waals surface area contributed by atoms with E-state index >= 15 is 0 Å². The minimum absolute atomic E-state index is 0.607. The highest BCUT2D eigenvalue weighted by molar-refractivity contribution is 5.91. The van der Waals surface area contributed by atoms with Crippen molar-refractivity contribution in [3.05, 3.63) is 66.8 Å². The number of anilines is 1. The smallest absolute Gasteiger partial charge is 0.228 e. The molecule has 5 heteroatoms. The van der Waals surface area contributed by atoms with Gasteiger partial charge in [0.05, 0.1) is 24.8 Å². The van der Waals surface area contributed by atoms with Gasteiger partial charge in [0.15, 0.2) is 0 Å². The van der Waals surface area contributed by atoms with E-state index < -0.39 is 0 Å². The average Bonchev–Trinajstić information content (AvgIpc) is 3.34. The Hall–Kier alpha value is -3.21. The largest absolute Gasteiger partial charge is 0.494 e. The highest BCUT2D eigenvalue weighted by Crippen LogP contribution is 2.32. The van der Waals surface area contributed by atoms with Crippen LogP contribution in [-0.2, 0) is 6.54 Å². The van der Waals surface area contributed by atoms with Gasteiger partial charge in [-0.15, -0.1) is 0 Å². The van der Waals surface area contributed by atoms with Crippen molar-refractivity contribution in [1.82, 2.24) is 4.98 Å². The normalized spacial score (nSPS) is 11.0. The molecule has 4 aromatic rings. The summed E-state index contributed by atoms with van der Waals surface area (Å²) >= 11 is 0. The average molecular weight is 348 g/mol. The van der Waals surface area contributed by atoms with Gasteiger partial charge < -0.3 is 18.9 Å². The van der Waals surface area contributed by atoms with E-state index in [0.717, 1.165) is 46.9 Å². The van der Waals surface area contributed by atoms with Crippen LogP contribution in [0, 0.1) is 0 Å². The van der Waals surface area contributed by atoms with E-state index in [1.165, 1.54) is 0 Å². The molecule has 0 unspecified atom stereocenters. The summed E-state index contributed by atoms with van der Waals surface area (Å²) in [7, 11) is 0. The van der Waals surface area contributed by atoms with E-state index in [1.54, 1.807) is 12.5 Å². The van der Waals surface area contributed by atoms with Gasteiger partial charge in [0.1, 0.15) is 17.3 Å². The molecular weight excluding hydrogens is 328 g/mol. The summed E-state index contributed by atoms with van der Waals surface area (Å²) in [5, 5.41) is 4.32. The van der Waals surface area contributed by atoms with E-state index in [0.29, 0.717) is 12.3 Å². The summed E-state index contributed by atoms with van der Waals surface area (Å²) in [4.78, 5) is 4.34. The summed E-state index contributed by atoms with van der Waals surface area (Å²) in [5.74, 6) is 2.52. The van der Waals surface area contributed by atoms with Crippen molar-refractivity contribution in [2.24, 2.45) is 0 Å². The van der Waals surface area contributed by atoms with Gasteiger partial charge in [-0.3, -0.25) is 0 Å². The monoisotopic (exact) mass is 348 g/mol. The predicted octanol–water partition coefficient (Wildman–Crippen LogP) is 5.49. The molecule has 0 aliphatic heterocycles. The van der Waals surface area contributed by atoms with Crippen LogP contribution in [0.1, 0.15) is 19.1 Å². The van der Waals surface area contributed by atoms with E-state index in [1.807, 2.05) is 48.5 Å². The fraction of sp³-hybridized carbons (Fsp3) is 0.190. The van der Waals surface area contributed by atoms with Crippen molar-refractivity contribution in [1.29, 1.82) is 0 Å². The topological polar surface area (TPSA) is 60.4 Å². The number of benzene rings is 1. The van der Waals surface area contributed by atoms with Gasteiger partial charge in [0, 0.05) is 17.4 Å². The molecule has 0 radical (unpaired) electrons. The van der Waals surface area contributed by atoms with Gasteiger partial charge in [-0.25, -0.2) is 4.98 Å². The lowest BCUT2D eigenvalue weighted by Gasteiger charge is -2.04. The zero-order chi connectivity index (χ0) is 17.8. The standard InChI is InChI=1S/C21H20N2O3/c1-2-11-24-16-7-5-15(6-8-16)20-13-18-19(9-10-22-21(18)26-20)23-14-17-4-3-12-25-17/h3-10,12-13H,2,11,14H2,1H3,(H,22,23). The number of ether oxygens (including phenoxy) is 1. The van der Waals surface area contributed by atoms with Crippen LogP contribution in [0.4, 0.5) is 5.69 Å². The number of furan rings is 2. The van der Waals surface area contributed by atoms with Gasteiger partial charge in [-0.05, 0) is 55.0 Å². The van der Waals surface area contributed by atoms with Crippen molar-refractivity contribution in [3.63, 3.8) is 0 Å². The SMILES string of the molecule is CCCOc1ccc(-c2cc3c(NCc4ccco4)ccnc3o2)cc1. The Bertz CT molecular complexity index is 972. The molecule has 1 aromatic carbocycles. The van der Waals surface area contributed by atoms with Crippen LogP contribution >= 0.6 is 0 Å². The molecule has 0 atom stereocenters. The zero-order valence-corrected chi connectivity index (χ0v) is 14.6. The number of fused-ring (bicyclic) bond motifs is 1. The van der Waals surface area contributed by atoms with E-state index in [9.17, 15) is 0 Å². The third-order valence-corrected chi connectivity index (χ3v) is 4.08. The molecule has 132 valence electrons. The maximum Gasteiger partial charge on any atom is 0.228 e. The van der Waals surface area contributed by atoms with Crippen molar-refractivity contribution < 1.29 is 13.6 Å². The lowest BCUT2D eigenvalue weighted by atomic mass is 10.1. The molecule has 0 saturated heterocycles. The number of hydrogen-bond donors (Lipinski definition) is 1. The summed E-state index contributed by atoms with van der Waals surface area (Å²) in [6, 6.07) is 15.7. The van der Waals surface area contributed by atoms with Gasteiger partial charge in [0.25, 0.3) is 0 Å². The van der Waals surface area contributed by atoms with Crippen LogP contribution in [0.15, 0.2) is 69.8 Å². The number of pyridine rings is 1. The number of hydrogen-bond acceptors (Lipinski definition) is 5. The minimum Gasteiger partial charge on any atom is -0.494 e. The van der Waals surface area contributed by atoms with E-state index in [2.05, 4.69) is 17.2 Å². The van der Waals surface area contributed by atoms with Gasteiger partial charge in [-0.2, -0.15) is 0 Å². The maximum absolute atomic E-state index is 5.94. The predicted molar refractivity (Wildman–Crippen MR) is 101 cm³/mol. The fourth-order valence-electron chi connectivity index (χ4n) is 2.77. The molecule has 0 fully saturated rings. The molecule has 4 rings (SSSR count). The molecular formula is C21H20N2O3. The Morgan fingerprint density at radius 3 is 2.77 bits per heavy atom. The van der Waals surface area contributed by atoms with E-state index in [4.69, 9.17) is 13.6 Å². The summed E-state index contributed by atoms with van der Waals surface area (Å²) < 4.78 is 16.9. The quantitative estimate of drug-likeness (QED) is 0.478. The Morgan fingerprint density at radius 2 is 2.00 bits per heavy atom. The second-order valence-electron chi connectivity index (χ2n) is 5.99. The molecule has 0 spiro atoms. The number of rotatable bonds is 7. The van der Waals surface area contributed by atoms with Crippen LogP contribution in [0.25, 0.3) is 22.4 Å². The minimum atomic E-state index is 0.607. The first kappa shape index (κ1) is 16.3. The molecule has 0 saturated carbocycles. The lowest BCUT2D eigenvalue weighted by Crippen LogP contribution is -1.98. The Kier molecular flexibility index (Phi) is 4.60. The molecule has 0 aliphatic carbocycles. The molecule has 0 aliphatic rings. The molecule has 1 N–H and O–H groups in total. The van der Waals surface area contributed by atoms with Crippen molar-refractivity contribution in [2.45, 2.75) is 19.9 Å². The van der Waals surface area contributed by atoms with Crippen LogP contribution in [0.5, 0.6) is 5.75 Å². The summed E-state index contributed by atoms with van der Waals surface area (Å²) in [6.07, 6.45) is 4.40. The molecule has 0 bridgehead atoms. The first-order valence-corrected chi connectivity index (χ1v) is 8.71. The van der Waals surface area contributed by atoms with Gasteiger partial charge >= 0.3 is 0 Å². The highest BCUT2D eigenvalue weighted by atomic mass is 16.5. The lowest BCUT2D eigenvalue weighted by molar-refractivity contribution is 0.317.